The molecule has 0 amide bonds. The first-order valence-electron chi connectivity index (χ1n) is 8.25. The molecule has 0 spiro atoms. The number of rotatable bonds is 6. The lowest BCUT2D eigenvalue weighted by atomic mass is 9.95. The fourth-order valence-corrected chi connectivity index (χ4v) is 3.44. The van der Waals surface area contributed by atoms with Crippen LogP contribution in [-0.2, 0) is 6.42 Å². The molecule has 0 bridgehead atoms. The second-order valence-corrected chi connectivity index (χ2v) is 6.03. The maximum atomic E-state index is 5.37. The Balaban J connectivity index is 1.84. The van der Waals surface area contributed by atoms with Crippen LogP contribution in [0.1, 0.15) is 56.3 Å². The summed E-state index contributed by atoms with van der Waals surface area (Å²) in [5.74, 6) is 0.947. The van der Waals surface area contributed by atoms with Crippen LogP contribution in [0.25, 0.3) is 10.9 Å². The highest BCUT2D eigenvalue weighted by atomic mass is 16.5. The van der Waals surface area contributed by atoms with E-state index in [9.17, 15) is 0 Å². The molecule has 3 heteroatoms. The molecule has 1 unspecified atom stereocenters. The average molecular weight is 286 g/mol. The maximum Gasteiger partial charge on any atom is 0.119 e. The molecule has 0 fully saturated rings. The van der Waals surface area contributed by atoms with Crippen molar-refractivity contribution in [2.45, 2.75) is 51.5 Å². The highest BCUT2D eigenvalue weighted by molar-refractivity contribution is 5.86. The minimum absolute atomic E-state index is 0.490. The van der Waals surface area contributed by atoms with Crippen LogP contribution >= 0.6 is 0 Å². The van der Waals surface area contributed by atoms with Crippen molar-refractivity contribution >= 4 is 10.9 Å². The largest absolute Gasteiger partial charge is 0.497 e. The van der Waals surface area contributed by atoms with Gasteiger partial charge >= 0.3 is 0 Å². The van der Waals surface area contributed by atoms with Gasteiger partial charge in [0, 0.05) is 22.6 Å². The monoisotopic (exact) mass is 286 g/mol. The SMILES string of the molecule is CCCCCCC1NCCc2c1[nH]c1ccc(OC)cc21. The Morgan fingerprint density at radius 1 is 1.24 bits per heavy atom. The lowest BCUT2D eigenvalue weighted by Gasteiger charge is -2.24. The third-order valence-corrected chi connectivity index (χ3v) is 4.61. The molecule has 21 heavy (non-hydrogen) atoms. The normalized spacial score (nSPS) is 17.9. The number of nitrogens with one attached hydrogen (secondary N) is 2. The van der Waals surface area contributed by atoms with Crippen molar-refractivity contribution in [3.05, 3.63) is 29.5 Å². The summed E-state index contributed by atoms with van der Waals surface area (Å²) in [4.78, 5) is 3.64. The summed E-state index contributed by atoms with van der Waals surface area (Å²) < 4.78 is 5.37. The van der Waals surface area contributed by atoms with Gasteiger partial charge in [0.2, 0.25) is 0 Å². The Morgan fingerprint density at radius 3 is 2.95 bits per heavy atom. The summed E-state index contributed by atoms with van der Waals surface area (Å²) in [6.07, 6.45) is 7.64. The molecule has 1 atom stereocenters. The molecule has 0 saturated heterocycles. The van der Waals surface area contributed by atoms with E-state index >= 15 is 0 Å². The Morgan fingerprint density at radius 2 is 2.14 bits per heavy atom. The number of benzene rings is 1. The first kappa shape index (κ1) is 14.5. The third kappa shape index (κ3) is 2.93. The van der Waals surface area contributed by atoms with Crippen LogP contribution in [-0.4, -0.2) is 18.6 Å². The van der Waals surface area contributed by atoms with E-state index in [1.165, 1.54) is 54.3 Å². The Labute approximate surface area is 127 Å². The Hall–Kier alpha value is -1.48. The van der Waals surface area contributed by atoms with Crippen molar-refractivity contribution in [1.82, 2.24) is 10.3 Å². The molecule has 0 saturated carbocycles. The van der Waals surface area contributed by atoms with Crippen molar-refractivity contribution < 1.29 is 4.74 Å². The van der Waals surface area contributed by atoms with E-state index in [0.717, 1.165) is 18.7 Å². The lowest BCUT2D eigenvalue weighted by molar-refractivity contribution is 0.415. The number of hydrogen-bond donors (Lipinski definition) is 2. The van der Waals surface area contributed by atoms with Gasteiger partial charge in [-0.15, -0.1) is 0 Å². The van der Waals surface area contributed by atoms with Crippen LogP contribution in [0.2, 0.25) is 0 Å². The second kappa shape index (κ2) is 6.52. The average Bonchev–Trinajstić information content (AvgIpc) is 2.90. The molecule has 1 aromatic heterocycles. The van der Waals surface area contributed by atoms with Crippen LogP contribution < -0.4 is 10.1 Å². The van der Waals surface area contributed by atoms with Crippen molar-refractivity contribution in [3.8, 4) is 5.75 Å². The Bertz CT molecular complexity index is 603. The molecular weight excluding hydrogens is 260 g/mol. The lowest BCUT2D eigenvalue weighted by Crippen LogP contribution is -2.29. The molecule has 1 aliphatic rings. The van der Waals surface area contributed by atoms with Gasteiger partial charge in [0.1, 0.15) is 5.75 Å². The van der Waals surface area contributed by atoms with E-state index in [1.54, 1.807) is 7.11 Å². The van der Waals surface area contributed by atoms with Crippen LogP contribution in [0, 0.1) is 0 Å². The van der Waals surface area contributed by atoms with E-state index in [0.29, 0.717) is 6.04 Å². The van der Waals surface area contributed by atoms with Crippen LogP contribution in [0.3, 0.4) is 0 Å². The summed E-state index contributed by atoms with van der Waals surface area (Å²) >= 11 is 0. The van der Waals surface area contributed by atoms with Crippen LogP contribution in [0.5, 0.6) is 5.75 Å². The molecule has 0 aliphatic carbocycles. The van der Waals surface area contributed by atoms with Gasteiger partial charge in [-0.05, 0) is 43.1 Å². The van der Waals surface area contributed by atoms with Crippen molar-refractivity contribution in [2.24, 2.45) is 0 Å². The smallest absolute Gasteiger partial charge is 0.119 e. The highest BCUT2D eigenvalue weighted by Crippen LogP contribution is 2.34. The van der Waals surface area contributed by atoms with Crippen LogP contribution in [0.4, 0.5) is 0 Å². The molecule has 114 valence electrons. The molecular formula is C18H26N2O. The van der Waals surface area contributed by atoms with Gasteiger partial charge in [-0.1, -0.05) is 32.6 Å². The first-order chi connectivity index (χ1) is 10.3. The zero-order valence-corrected chi connectivity index (χ0v) is 13.2. The topological polar surface area (TPSA) is 37.0 Å². The first-order valence-corrected chi connectivity index (χ1v) is 8.25. The standard InChI is InChI=1S/C18H26N2O/c1-3-4-5-6-7-17-18-14(10-11-19-17)15-12-13(21-2)8-9-16(15)20-18/h8-9,12,17,19-20H,3-7,10-11H2,1-2H3. The molecule has 3 nitrogen and oxygen atoms in total. The number of aromatic amines is 1. The van der Waals surface area contributed by atoms with Crippen molar-refractivity contribution in [3.63, 3.8) is 0 Å². The maximum absolute atomic E-state index is 5.37. The van der Waals surface area contributed by atoms with Gasteiger partial charge in [-0.2, -0.15) is 0 Å². The number of H-pyrrole nitrogens is 1. The summed E-state index contributed by atoms with van der Waals surface area (Å²) in [5.41, 5.74) is 4.13. The number of fused-ring (bicyclic) bond motifs is 3. The Kier molecular flexibility index (Phi) is 4.49. The van der Waals surface area contributed by atoms with Crippen molar-refractivity contribution in [2.75, 3.05) is 13.7 Å². The van der Waals surface area contributed by atoms with E-state index in [4.69, 9.17) is 4.74 Å². The number of aromatic nitrogens is 1. The second-order valence-electron chi connectivity index (χ2n) is 6.03. The molecule has 1 aromatic carbocycles. The number of hydrogen-bond acceptors (Lipinski definition) is 2. The van der Waals surface area contributed by atoms with Crippen LogP contribution in [0.15, 0.2) is 18.2 Å². The van der Waals surface area contributed by atoms with Gasteiger partial charge in [0.05, 0.1) is 7.11 Å². The summed E-state index contributed by atoms with van der Waals surface area (Å²) in [5, 5.41) is 5.02. The van der Waals surface area contributed by atoms with Gasteiger partial charge in [-0.25, -0.2) is 0 Å². The summed E-state index contributed by atoms with van der Waals surface area (Å²) in [6, 6.07) is 6.84. The van der Waals surface area contributed by atoms with E-state index in [-0.39, 0.29) is 0 Å². The number of ether oxygens (including phenoxy) is 1. The minimum atomic E-state index is 0.490. The van der Waals surface area contributed by atoms with E-state index < -0.39 is 0 Å². The quantitative estimate of drug-likeness (QED) is 0.775. The number of methoxy groups -OCH3 is 1. The summed E-state index contributed by atoms with van der Waals surface area (Å²) in [6.45, 7) is 3.34. The molecule has 2 N–H and O–H groups in total. The summed E-state index contributed by atoms with van der Waals surface area (Å²) in [7, 11) is 1.73. The zero-order valence-electron chi connectivity index (χ0n) is 13.2. The molecule has 2 aromatic rings. The van der Waals surface area contributed by atoms with Gasteiger partial charge in [0.15, 0.2) is 0 Å². The van der Waals surface area contributed by atoms with Gasteiger partial charge in [-0.3, -0.25) is 0 Å². The number of unbranched alkanes of at least 4 members (excludes halogenated alkanes) is 3. The minimum Gasteiger partial charge on any atom is -0.497 e. The van der Waals surface area contributed by atoms with Gasteiger partial charge in [0.25, 0.3) is 0 Å². The van der Waals surface area contributed by atoms with Crippen molar-refractivity contribution in [1.29, 1.82) is 0 Å². The fourth-order valence-electron chi connectivity index (χ4n) is 3.44. The zero-order chi connectivity index (χ0) is 14.7. The van der Waals surface area contributed by atoms with E-state index in [2.05, 4.69) is 29.4 Å². The predicted octanol–water partition coefficient (Wildman–Crippen LogP) is 4.33. The third-order valence-electron chi connectivity index (χ3n) is 4.61. The predicted molar refractivity (Wildman–Crippen MR) is 88.1 cm³/mol. The molecule has 0 radical (unpaired) electrons. The van der Waals surface area contributed by atoms with E-state index in [1.807, 2.05) is 6.07 Å². The molecule has 2 heterocycles. The fraction of sp³-hybridized carbons (Fsp3) is 0.556. The molecule has 3 rings (SSSR count). The van der Waals surface area contributed by atoms with Gasteiger partial charge < -0.3 is 15.0 Å². The molecule has 1 aliphatic heterocycles. The highest BCUT2D eigenvalue weighted by Gasteiger charge is 2.23.